The largest absolute Gasteiger partial charge is 0.388 e. The van der Waals surface area contributed by atoms with Gasteiger partial charge in [-0.15, -0.1) is 0 Å². The molecule has 0 amide bonds. The van der Waals surface area contributed by atoms with E-state index in [2.05, 4.69) is 10.1 Å². The molecular formula is C29H33N5O6S. The Morgan fingerprint density at radius 1 is 1.10 bits per heavy atom. The topological polar surface area (TPSA) is 159 Å². The maximum atomic E-state index is 13.0. The number of carbonyl (C=O) groups is 1. The predicted molar refractivity (Wildman–Crippen MR) is 153 cm³/mol. The van der Waals surface area contributed by atoms with Crippen molar-refractivity contribution in [2.45, 2.75) is 42.1 Å². The summed E-state index contributed by atoms with van der Waals surface area (Å²) in [5, 5.41) is 14.0. The van der Waals surface area contributed by atoms with Gasteiger partial charge in [-0.25, -0.2) is 13.4 Å². The summed E-state index contributed by atoms with van der Waals surface area (Å²) in [6.45, 7) is -0.128. The molecule has 0 spiro atoms. The van der Waals surface area contributed by atoms with Gasteiger partial charge in [0.1, 0.15) is 22.9 Å². The van der Waals surface area contributed by atoms with Crippen molar-refractivity contribution in [1.29, 1.82) is 0 Å². The Kier molecular flexibility index (Phi) is 8.18. The molecule has 1 aliphatic carbocycles. The van der Waals surface area contributed by atoms with Crippen LogP contribution in [0.15, 0.2) is 59.8 Å². The number of rotatable bonds is 10. The standard InChI is InChI=1S/C29H33N5O6S/c1-39-14-15-40-29(24(36)18-35)12-10-20(11-13-29)25-26(41(2,37)38)27(30)34-28(33-25)22(17-32-34)21-8-9-23(31-16-21)19-6-4-3-5-7-19/h3-9,16-17,20,35H,10-15,18,30H2,1-2H3/t20-,29+. The van der Waals surface area contributed by atoms with Crippen molar-refractivity contribution in [3.8, 4) is 22.4 Å². The van der Waals surface area contributed by atoms with Gasteiger partial charge < -0.3 is 20.3 Å². The van der Waals surface area contributed by atoms with E-state index in [9.17, 15) is 18.3 Å². The fraction of sp³-hybridized carbons (Fsp3) is 0.379. The van der Waals surface area contributed by atoms with Gasteiger partial charge >= 0.3 is 0 Å². The number of nitrogens with zero attached hydrogens (tertiary/aromatic N) is 4. The van der Waals surface area contributed by atoms with E-state index in [0.29, 0.717) is 49.2 Å². The maximum Gasteiger partial charge on any atom is 0.189 e. The lowest BCUT2D eigenvalue weighted by Crippen LogP contribution is -2.46. The van der Waals surface area contributed by atoms with E-state index < -0.39 is 27.8 Å². The first-order valence-electron chi connectivity index (χ1n) is 13.3. The number of methoxy groups -OCH3 is 1. The number of sulfone groups is 1. The van der Waals surface area contributed by atoms with Crippen LogP contribution in [0.3, 0.4) is 0 Å². The number of nitrogens with two attached hydrogens (primary N) is 1. The number of benzene rings is 1. The van der Waals surface area contributed by atoms with E-state index in [1.165, 1.54) is 11.6 Å². The van der Waals surface area contributed by atoms with Gasteiger partial charge in [-0.1, -0.05) is 36.4 Å². The monoisotopic (exact) mass is 579 g/mol. The maximum absolute atomic E-state index is 13.0. The van der Waals surface area contributed by atoms with Gasteiger partial charge in [0, 0.05) is 42.2 Å². The number of aromatic nitrogens is 4. The molecule has 1 fully saturated rings. The molecule has 0 aliphatic heterocycles. The smallest absolute Gasteiger partial charge is 0.189 e. The number of aliphatic hydroxyl groups excluding tert-OH is 1. The summed E-state index contributed by atoms with van der Waals surface area (Å²) >= 11 is 0. The van der Waals surface area contributed by atoms with E-state index in [0.717, 1.165) is 23.1 Å². The second-order valence-corrected chi connectivity index (χ2v) is 12.2. The van der Waals surface area contributed by atoms with E-state index in [1.807, 2.05) is 42.5 Å². The number of aliphatic hydroxyl groups is 1. The first-order valence-corrected chi connectivity index (χ1v) is 15.2. The molecule has 1 aromatic carbocycles. The third kappa shape index (κ3) is 5.60. The van der Waals surface area contributed by atoms with Crippen molar-refractivity contribution in [1.82, 2.24) is 19.6 Å². The second-order valence-electron chi connectivity index (χ2n) is 10.3. The molecule has 1 aliphatic rings. The first kappa shape index (κ1) is 28.8. The molecule has 11 nitrogen and oxygen atoms in total. The highest BCUT2D eigenvalue weighted by atomic mass is 32.2. The van der Waals surface area contributed by atoms with Crippen LogP contribution in [0.2, 0.25) is 0 Å². The average molecular weight is 580 g/mol. The van der Waals surface area contributed by atoms with E-state index in [-0.39, 0.29) is 23.2 Å². The van der Waals surface area contributed by atoms with Gasteiger partial charge in [0.05, 0.1) is 30.8 Å². The minimum atomic E-state index is -3.78. The lowest BCUT2D eigenvalue weighted by atomic mass is 9.75. The number of hydrogen-bond acceptors (Lipinski definition) is 10. The normalized spacial score (nSPS) is 19.4. The molecule has 3 heterocycles. The Morgan fingerprint density at radius 3 is 2.44 bits per heavy atom. The van der Waals surface area contributed by atoms with Gasteiger partial charge in [-0.05, 0) is 31.7 Å². The van der Waals surface area contributed by atoms with Crippen molar-refractivity contribution in [2.24, 2.45) is 0 Å². The summed E-state index contributed by atoms with van der Waals surface area (Å²) < 4.78 is 38.3. The van der Waals surface area contributed by atoms with Crippen molar-refractivity contribution < 1.29 is 27.8 Å². The first-order chi connectivity index (χ1) is 19.7. The Balaban J connectivity index is 1.53. The minimum Gasteiger partial charge on any atom is -0.388 e. The van der Waals surface area contributed by atoms with E-state index >= 15 is 0 Å². The van der Waals surface area contributed by atoms with E-state index in [1.54, 1.807) is 12.4 Å². The molecule has 3 N–H and O–H groups in total. The van der Waals surface area contributed by atoms with Crippen LogP contribution in [-0.2, 0) is 24.1 Å². The van der Waals surface area contributed by atoms with Crippen molar-refractivity contribution in [2.75, 3.05) is 38.9 Å². The Bertz CT molecular complexity index is 1650. The molecule has 0 saturated heterocycles. The molecule has 216 valence electrons. The molecule has 0 bridgehead atoms. The molecule has 3 aromatic heterocycles. The molecule has 41 heavy (non-hydrogen) atoms. The molecule has 1 saturated carbocycles. The number of pyridine rings is 1. The summed E-state index contributed by atoms with van der Waals surface area (Å²) in [6.07, 6.45) is 5.86. The number of anilines is 1. The highest BCUT2D eigenvalue weighted by Gasteiger charge is 2.44. The van der Waals surface area contributed by atoms with Crippen LogP contribution in [0, 0.1) is 0 Å². The average Bonchev–Trinajstić information content (AvgIpc) is 3.41. The van der Waals surface area contributed by atoms with Gasteiger partial charge in [0.15, 0.2) is 21.3 Å². The van der Waals surface area contributed by atoms with Crippen LogP contribution in [0.1, 0.15) is 37.3 Å². The summed E-state index contributed by atoms with van der Waals surface area (Å²) in [5.74, 6) is -0.728. The zero-order chi connectivity index (χ0) is 29.2. The molecule has 12 heteroatoms. The Hall–Kier alpha value is -3.71. The number of ether oxygens (including phenoxy) is 2. The van der Waals surface area contributed by atoms with Crippen LogP contribution in [0.5, 0.6) is 0 Å². The number of nitrogen functional groups attached to an aromatic ring is 1. The summed E-state index contributed by atoms with van der Waals surface area (Å²) in [4.78, 5) is 22.1. The van der Waals surface area contributed by atoms with Crippen molar-refractivity contribution in [3.63, 3.8) is 0 Å². The third-order valence-corrected chi connectivity index (χ3v) is 8.84. The van der Waals surface area contributed by atoms with Crippen molar-refractivity contribution in [3.05, 3.63) is 60.6 Å². The van der Waals surface area contributed by atoms with Crippen LogP contribution in [0.4, 0.5) is 5.82 Å². The van der Waals surface area contributed by atoms with Gasteiger partial charge in [-0.3, -0.25) is 9.78 Å². The zero-order valence-electron chi connectivity index (χ0n) is 23.0. The van der Waals surface area contributed by atoms with Crippen molar-refractivity contribution >= 4 is 27.1 Å². The number of Topliss-reactive ketones (excluding diaryl/α,β-unsaturated/α-hetero) is 1. The third-order valence-electron chi connectivity index (χ3n) is 7.68. The highest BCUT2D eigenvalue weighted by Crippen LogP contribution is 2.43. The number of ketones is 1. The fourth-order valence-electron chi connectivity index (χ4n) is 5.54. The highest BCUT2D eigenvalue weighted by molar-refractivity contribution is 7.91. The predicted octanol–water partition coefficient (Wildman–Crippen LogP) is 3.06. The van der Waals surface area contributed by atoms with Crippen LogP contribution < -0.4 is 5.73 Å². The number of fused-ring (bicyclic) bond motifs is 1. The number of carbonyl (C=O) groups excluding carboxylic acids is 1. The second kappa shape index (κ2) is 11.6. The van der Waals surface area contributed by atoms with Crippen LogP contribution in [-0.4, -0.2) is 77.7 Å². The van der Waals surface area contributed by atoms with E-state index in [4.69, 9.17) is 20.2 Å². The van der Waals surface area contributed by atoms with Gasteiger partial charge in [0.25, 0.3) is 0 Å². The molecule has 4 aromatic rings. The zero-order valence-corrected chi connectivity index (χ0v) is 23.8. The van der Waals surface area contributed by atoms with Gasteiger partial charge in [-0.2, -0.15) is 9.61 Å². The Morgan fingerprint density at radius 2 is 1.83 bits per heavy atom. The Labute approximate surface area is 238 Å². The molecule has 0 atom stereocenters. The molecule has 5 rings (SSSR count). The summed E-state index contributed by atoms with van der Waals surface area (Å²) in [7, 11) is -2.24. The summed E-state index contributed by atoms with van der Waals surface area (Å²) in [6, 6.07) is 13.6. The quantitative estimate of drug-likeness (QED) is 0.267. The summed E-state index contributed by atoms with van der Waals surface area (Å²) in [5.41, 5.74) is 9.27. The SMILES string of the molecule is COCCO[C@]1(C(=O)CO)CC[C@H](c2nc3c(-c4ccc(-c5ccccc5)nc4)cnn3c(N)c2S(C)(=O)=O)CC1. The number of hydrogen-bond donors (Lipinski definition) is 2. The lowest BCUT2D eigenvalue weighted by Gasteiger charge is -2.38. The minimum absolute atomic E-state index is 0.0211. The van der Waals surface area contributed by atoms with Gasteiger partial charge in [0.2, 0.25) is 0 Å². The lowest BCUT2D eigenvalue weighted by molar-refractivity contribution is -0.155. The molecule has 0 radical (unpaired) electrons. The van der Waals surface area contributed by atoms with Crippen LogP contribution >= 0.6 is 0 Å². The van der Waals surface area contributed by atoms with Crippen LogP contribution in [0.25, 0.3) is 28.0 Å². The molecule has 0 unspecified atom stereocenters. The fourth-order valence-corrected chi connectivity index (χ4v) is 6.60. The molecular weight excluding hydrogens is 546 g/mol.